The average Bonchev–Trinajstić information content (AvgIpc) is 2.66. The van der Waals surface area contributed by atoms with Crippen molar-refractivity contribution in [2.75, 3.05) is 6.61 Å². The van der Waals surface area contributed by atoms with Gasteiger partial charge in [0, 0.05) is 5.69 Å². The Bertz CT molecular complexity index is 564. The molecule has 2 rings (SSSR count). The van der Waals surface area contributed by atoms with Crippen LogP contribution in [0.3, 0.4) is 0 Å². The Kier molecular flexibility index (Phi) is 3.66. The summed E-state index contributed by atoms with van der Waals surface area (Å²) in [4.78, 5) is 0. The maximum absolute atomic E-state index is 13.7. The molecule has 0 saturated carbocycles. The molecule has 102 valence electrons. The molecular weight excluding hydrogens is 250 g/mol. The molecular formula is C14H16F2N2O. The second-order valence-corrected chi connectivity index (χ2v) is 4.55. The summed E-state index contributed by atoms with van der Waals surface area (Å²) in [6, 6.07) is 9.52. The molecule has 0 aliphatic heterocycles. The minimum absolute atomic E-state index is 0.175. The lowest BCUT2D eigenvalue weighted by Crippen LogP contribution is -2.20. The monoisotopic (exact) mass is 266 g/mol. The van der Waals surface area contributed by atoms with E-state index >= 15 is 0 Å². The molecule has 0 saturated heterocycles. The molecule has 0 aliphatic rings. The summed E-state index contributed by atoms with van der Waals surface area (Å²) in [5, 5.41) is 13.0. The molecule has 3 nitrogen and oxygen atoms in total. The van der Waals surface area contributed by atoms with E-state index in [4.69, 9.17) is 5.11 Å². The molecule has 0 aliphatic carbocycles. The number of halogens is 2. The fourth-order valence-corrected chi connectivity index (χ4v) is 2.22. The van der Waals surface area contributed by atoms with Crippen molar-refractivity contribution in [3.05, 3.63) is 52.8 Å². The van der Waals surface area contributed by atoms with Crippen molar-refractivity contribution in [1.82, 2.24) is 9.78 Å². The molecule has 19 heavy (non-hydrogen) atoms. The van der Waals surface area contributed by atoms with Gasteiger partial charge < -0.3 is 5.11 Å². The van der Waals surface area contributed by atoms with Crippen LogP contribution in [0.2, 0.25) is 0 Å². The molecule has 1 aromatic heterocycles. The molecule has 5 heteroatoms. The maximum atomic E-state index is 13.7. The van der Waals surface area contributed by atoms with Gasteiger partial charge in [-0.1, -0.05) is 30.3 Å². The summed E-state index contributed by atoms with van der Waals surface area (Å²) in [7, 11) is 0. The third kappa shape index (κ3) is 2.66. The molecule has 1 N–H and O–H groups in total. The molecule has 0 amide bonds. The lowest BCUT2D eigenvalue weighted by atomic mass is 10.1. The first-order valence-corrected chi connectivity index (χ1v) is 6.03. The minimum atomic E-state index is -3.25. The molecule has 0 fully saturated rings. The Morgan fingerprint density at radius 2 is 1.84 bits per heavy atom. The van der Waals surface area contributed by atoms with Crippen molar-refractivity contribution in [3.8, 4) is 0 Å². The Balaban J connectivity index is 2.37. The van der Waals surface area contributed by atoms with Gasteiger partial charge in [-0.05, 0) is 19.4 Å². The lowest BCUT2D eigenvalue weighted by molar-refractivity contribution is -0.0566. The predicted octanol–water partition coefficient (Wildman–Crippen LogP) is 2.63. The second kappa shape index (κ2) is 5.09. The van der Waals surface area contributed by atoms with Gasteiger partial charge in [-0.15, -0.1) is 0 Å². The molecule has 1 heterocycles. The highest BCUT2D eigenvalue weighted by Gasteiger charge is 2.36. The van der Waals surface area contributed by atoms with Gasteiger partial charge in [0.05, 0.1) is 17.8 Å². The predicted molar refractivity (Wildman–Crippen MR) is 68.2 cm³/mol. The first-order valence-electron chi connectivity index (χ1n) is 6.03. The number of aromatic nitrogens is 2. The highest BCUT2D eigenvalue weighted by Crippen LogP contribution is 2.32. The highest BCUT2D eigenvalue weighted by atomic mass is 19.3. The lowest BCUT2D eigenvalue weighted by Gasteiger charge is -2.14. The van der Waals surface area contributed by atoms with E-state index in [1.54, 1.807) is 11.6 Å². The van der Waals surface area contributed by atoms with Gasteiger partial charge in [-0.25, -0.2) is 0 Å². The maximum Gasteiger partial charge on any atom is 0.299 e. The van der Waals surface area contributed by atoms with Crippen LogP contribution in [0.1, 0.15) is 22.5 Å². The zero-order valence-corrected chi connectivity index (χ0v) is 10.9. The van der Waals surface area contributed by atoms with Crippen LogP contribution in [0.25, 0.3) is 0 Å². The first-order chi connectivity index (χ1) is 8.95. The van der Waals surface area contributed by atoms with E-state index in [9.17, 15) is 8.78 Å². The number of hydrogen-bond donors (Lipinski definition) is 1. The zero-order chi connectivity index (χ0) is 14.0. The quantitative estimate of drug-likeness (QED) is 0.923. The van der Waals surface area contributed by atoms with Crippen molar-refractivity contribution in [1.29, 1.82) is 0 Å². The van der Waals surface area contributed by atoms with Crippen LogP contribution in [0.5, 0.6) is 0 Å². The average molecular weight is 266 g/mol. The number of benzene rings is 1. The number of nitrogens with zero attached hydrogens (tertiary/aromatic N) is 2. The number of rotatable bonds is 4. The fraction of sp³-hybridized carbons (Fsp3) is 0.357. The van der Waals surface area contributed by atoms with Crippen molar-refractivity contribution in [2.45, 2.75) is 26.3 Å². The van der Waals surface area contributed by atoms with Gasteiger partial charge in [0.1, 0.15) is 6.61 Å². The Hall–Kier alpha value is -1.75. The van der Waals surface area contributed by atoms with Gasteiger partial charge >= 0.3 is 0 Å². The van der Waals surface area contributed by atoms with E-state index in [1.807, 2.05) is 30.3 Å². The van der Waals surface area contributed by atoms with E-state index < -0.39 is 12.5 Å². The van der Waals surface area contributed by atoms with Crippen LogP contribution < -0.4 is 0 Å². The van der Waals surface area contributed by atoms with Crippen LogP contribution >= 0.6 is 0 Å². The van der Waals surface area contributed by atoms with Crippen LogP contribution in [0, 0.1) is 13.8 Å². The highest BCUT2D eigenvalue weighted by molar-refractivity contribution is 5.30. The molecule has 0 spiro atoms. The molecule has 0 bridgehead atoms. The molecule has 1 aromatic carbocycles. The van der Waals surface area contributed by atoms with Crippen molar-refractivity contribution in [3.63, 3.8) is 0 Å². The topological polar surface area (TPSA) is 38.0 Å². The summed E-state index contributed by atoms with van der Waals surface area (Å²) in [6.07, 6.45) is 0. The van der Waals surface area contributed by atoms with Gasteiger partial charge in [0.2, 0.25) is 0 Å². The van der Waals surface area contributed by atoms with Crippen LogP contribution in [0.15, 0.2) is 30.3 Å². The van der Waals surface area contributed by atoms with Crippen molar-refractivity contribution >= 4 is 0 Å². The summed E-state index contributed by atoms with van der Waals surface area (Å²) in [6.45, 7) is 2.37. The number of hydrogen-bond acceptors (Lipinski definition) is 2. The summed E-state index contributed by atoms with van der Waals surface area (Å²) in [5.74, 6) is -3.25. The summed E-state index contributed by atoms with van der Waals surface area (Å²) < 4.78 is 28.9. The summed E-state index contributed by atoms with van der Waals surface area (Å²) in [5.41, 5.74) is 1.46. The van der Waals surface area contributed by atoms with Crippen LogP contribution in [-0.4, -0.2) is 21.5 Å². The number of aliphatic hydroxyl groups excluding tert-OH is 1. The smallest absolute Gasteiger partial charge is 0.299 e. The van der Waals surface area contributed by atoms with E-state index in [1.165, 1.54) is 6.92 Å². The van der Waals surface area contributed by atoms with Crippen LogP contribution in [0.4, 0.5) is 8.78 Å². The number of alkyl halides is 2. The standard InChI is InChI=1S/C14H16F2N2O/c1-10-13(14(15,16)9-19)11(2)18(17-10)8-12-6-4-3-5-7-12/h3-7,19H,8-9H2,1-2H3. The molecule has 0 radical (unpaired) electrons. The fourth-order valence-electron chi connectivity index (χ4n) is 2.22. The third-order valence-electron chi connectivity index (χ3n) is 3.12. The van der Waals surface area contributed by atoms with Gasteiger partial charge in [-0.3, -0.25) is 4.68 Å². The summed E-state index contributed by atoms with van der Waals surface area (Å²) >= 11 is 0. The number of aliphatic hydroxyl groups is 1. The SMILES string of the molecule is Cc1nn(Cc2ccccc2)c(C)c1C(F)(F)CO. The normalized spacial score (nSPS) is 11.8. The Morgan fingerprint density at radius 3 is 2.42 bits per heavy atom. The first kappa shape index (κ1) is 13.7. The van der Waals surface area contributed by atoms with Gasteiger partial charge in [-0.2, -0.15) is 13.9 Å². The minimum Gasteiger partial charge on any atom is -0.390 e. The third-order valence-corrected chi connectivity index (χ3v) is 3.12. The molecule has 0 unspecified atom stereocenters. The second-order valence-electron chi connectivity index (χ2n) is 4.55. The molecule has 0 atom stereocenters. The van der Waals surface area contributed by atoms with E-state index in [2.05, 4.69) is 5.10 Å². The number of aryl methyl sites for hydroxylation is 1. The van der Waals surface area contributed by atoms with E-state index in [0.717, 1.165) is 5.56 Å². The Labute approximate surface area is 110 Å². The van der Waals surface area contributed by atoms with E-state index in [-0.39, 0.29) is 11.3 Å². The van der Waals surface area contributed by atoms with Gasteiger partial charge in [0.25, 0.3) is 5.92 Å². The van der Waals surface area contributed by atoms with E-state index in [0.29, 0.717) is 12.2 Å². The largest absolute Gasteiger partial charge is 0.390 e. The Morgan fingerprint density at radius 1 is 1.21 bits per heavy atom. The van der Waals surface area contributed by atoms with Crippen molar-refractivity contribution < 1.29 is 13.9 Å². The van der Waals surface area contributed by atoms with Crippen molar-refractivity contribution in [2.24, 2.45) is 0 Å². The van der Waals surface area contributed by atoms with Gasteiger partial charge in [0.15, 0.2) is 0 Å². The molecule has 2 aromatic rings. The zero-order valence-electron chi connectivity index (χ0n) is 10.9. The van der Waals surface area contributed by atoms with Crippen LogP contribution in [-0.2, 0) is 12.5 Å².